The molecule has 0 spiro atoms. The van der Waals surface area contributed by atoms with Gasteiger partial charge in [0.15, 0.2) is 11.5 Å². The molecule has 1 aromatic rings. The van der Waals surface area contributed by atoms with Gasteiger partial charge in [-0.3, -0.25) is 4.90 Å². The van der Waals surface area contributed by atoms with Crippen molar-refractivity contribution in [3.8, 4) is 17.2 Å². The van der Waals surface area contributed by atoms with E-state index in [9.17, 15) is 0 Å². The molecule has 1 aromatic carbocycles. The first-order valence-corrected chi connectivity index (χ1v) is 6.61. The van der Waals surface area contributed by atoms with E-state index in [0.29, 0.717) is 29.5 Å². The van der Waals surface area contributed by atoms with Crippen LogP contribution in [0.5, 0.6) is 17.2 Å². The monoisotopic (exact) mass is 266 g/mol. The van der Waals surface area contributed by atoms with Crippen LogP contribution in [0, 0.1) is 0 Å². The molecule has 5 heteroatoms. The van der Waals surface area contributed by atoms with Gasteiger partial charge in [-0.05, 0) is 25.9 Å². The fraction of sp³-hybridized carbons (Fsp3) is 0.571. The van der Waals surface area contributed by atoms with E-state index in [4.69, 9.17) is 19.9 Å². The minimum Gasteiger partial charge on any atom is -0.493 e. The van der Waals surface area contributed by atoms with Gasteiger partial charge in [-0.15, -0.1) is 0 Å². The van der Waals surface area contributed by atoms with E-state index in [2.05, 4.69) is 4.90 Å². The maximum absolute atomic E-state index is 5.82. The van der Waals surface area contributed by atoms with Crippen molar-refractivity contribution >= 4 is 5.69 Å². The number of rotatable bonds is 6. The summed E-state index contributed by atoms with van der Waals surface area (Å²) in [5, 5.41) is 0. The van der Waals surface area contributed by atoms with Gasteiger partial charge in [0.1, 0.15) is 6.61 Å². The molecule has 0 atom stereocenters. The van der Waals surface area contributed by atoms with Crippen LogP contribution < -0.4 is 19.9 Å². The van der Waals surface area contributed by atoms with E-state index in [1.54, 1.807) is 26.4 Å². The molecule has 5 nitrogen and oxygen atoms in total. The van der Waals surface area contributed by atoms with E-state index >= 15 is 0 Å². The molecular formula is C14H22N2O3. The minimum absolute atomic E-state index is 0.598. The maximum Gasteiger partial charge on any atom is 0.203 e. The zero-order chi connectivity index (χ0) is 13.7. The van der Waals surface area contributed by atoms with Crippen molar-refractivity contribution in [3.63, 3.8) is 0 Å². The number of ether oxygens (including phenoxy) is 3. The third-order valence-corrected chi connectivity index (χ3v) is 3.34. The molecule has 1 aliphatic heterocycles. The van der Waals surface area contributed by atoms with Gasteiger partial charge in [0.05, 0.1) is 14.2 Å². The number of benzene rings is 1. The third kappa shape index (κ3) is 3.44. The van der Waals surface area contributed by atoms with Gasteiger partial charge in [0.2, 0.25) is 5.75 Å². The highest BCUT2D eigenvalue weighted by Crippen LogP contribution is 2.39. The Morgan fingerprint density at radius 1 is 1.11 bits per heavy atom. The highest BCUT2D eigenvalue weighted by molar-refractivity contribution is 5.60. The molecule has 19 heavy (non-hydrogen) atoms. The second-order valence-corrected chi connectivity index (χ2v) is 4.65. The summed E-state index contributed by atoms with van der Waals surface area (Å²) < 4.78 is 16.4. The summed E-state index contributed by atoms with van der Waals surface area (Å²) >= 11 is 0. The van der Waals surface area contributed by atoms with Crippen molar-refractivity contribution in [3.05, 3.63) is 12.1 Å². The van der Waals surface area contributed by atoms with Crippen LogP contribution in [0.1, 0.15) is 12.8 Å². The minimum atomic E-state index is 0.598. The first-order valence-electron chi connectivity index (χ1n) is 6.61. The van der Waals surface area contributed by atoms with Crippen LogP contribution in [0.25, 0.3) is 0 Å². The maximum atomic E-state index is 5.82. The summed E-state index contributed by atoms with van der Waals surface area (Å²) in [7, 11) is 3.20. The topological polar surface area (TPSA) is 57.0 Å². The molecule has 0 aliphatic carbocycles. The Morgan fingerprint density at radius 3 is 2.21 bits per heavy atom. The first-order chi connectivity index (χ1) is 9.24. The second-order valence-electron chi connectivity index (χ2n) is 4.65. The second kappa shape index (κ2) is 6.52. The molecule has 1 heterocycles. The standard InChI is InChI=1S/C14H22N2O3/c1-17-12-9-11(15)10-13(18-2)14(12)19-8-7-16-5-3-4-6-16/h9-10H,3-8,15H2,1-2H3. The van der Waals surface area contributed by atoms with Crippen LogP contribution >= 0.6 is 0 Å². The Morgan fingerprint density at radius 2 is 1.68 bits per heavy atom. The van der Waals surface area contributed by atoms with Crippen LogP contribution in [-0.2, 0) is 0 Å². The summed E-state index contributed by atoms with van der Waals surface area (Å²) in [5.41, 5.74) is 6.38. The van der Waals surface area contributed by atoms with E-state index in [1.807, 2.05) is 0 Å². The van der Waals surface area contributed by atoms with Crippen molar-refractivity contribution in [2.45, 2.75) is 12.8 Å². The Bertz CT molecular complexity index is 392. The summed E-state index contributed by atoms with van der Waals surface area (Å²) in [6.07, 6.45) is 2.57. The van der Waals surface area contributed by atoms with Gasteiger partial charge >= 0.3 is 0 Å². The summed E-state index contributed by atoms with van der Waals surface area (Å²) in [4.78, 5) is 2.40. The lowest BCUT2D eigenvalue weighted by Gasteiger charge is -2.18. The van der Waals surface area contributed by atoms with E-state index in [0.717, 1.165) is 6.54 Å². The van der Waals surface area contributed by atoms with Crippen LogP contribution in [0.3, 0.4) is 0 Å². The lowest BCUT2D eigenvalue weighted by Crippen LogP contribution is -2.25. The number of likely N-dealkylation sites (tertiary alicyclic amines) is 1. The fourth-order valence-corrected chi connectivity index (χ4v) is 2.33. The van der Waals surface area contributed by atoms with Gasteiger partial charge in [-0.1, -0.05) is 0 Å². The SMILES string of the molecule is COc1cc(N)cc(OC)c1OCCN1CCCC1. The van der Waals surface area contributed by atoms with Gasteiger partial charge in [0, 0.05) is 24.4 Å². The average Bonchev–Trinajstić information content (AvgIpc) is 2.92. The first kappa shape index (κ1) is 13.8. The van der Waals surface area contributed by atoms with Crippen molar-refractivity contribution < 1.29 is 14.2 Å². The third-order valence-electron chi connectivity index (χ3n) is 3.34. The highest BCUT2D eigenvalue weighted by atomic mass is 16.5. The van der Waals surface area contributed by atoms with Gasteiger partial charge in [-0.25, -0.2) is 0 Å². The lowest BCUT2D eigenvalue weighted by atomic mass is 10.2. The molecule has 2 rings (SSSR count). The smallest absolute Gasteiger partial charge is 0.203 e. The van der Waals surface area contributed by atoms with Gasteiger partial charge in [0.25, 0.3) is 0 Å². The molecule has 1 fully saturated rings. The zero-order valence-corrected chi connectivity index (χ0v) is 11.6. The average molecular weight is 266 g/mol. The number of hydrogen-bond donors (Lipinski definition) is 1. The molecule has 1 saturated heterocycles. The Kier molecular flexibility index (Phi) is 4.74. The van der Waals surface area contributed by atoms with Crippen LogP contribution in [-0.4, -0.2) is 45.4 Å². The molecule has 106 valence electrons. The Labute approximate surface area is 114 Å². The summed E-state index contributed by atoms with van der Waals surface area (Å²) in [5.74, 6) is 1.84. The predicted octanol–water partition coefficient (Wildman–Crippen LogP) is 1.76. The Balaban J connectivity index is 2.00. The predicted molar refractivity (Wildman–Crippen MR) is 75.1 cm³/mol. The molecule has 2 N–H and O–H groups in total. The zero-order valence-electron chi connectivity index (χ0n) is 11.6. The number of methoxy groups -OCH3 is 2. The molecule has 0 aromatic heterocycles. The normalized spacial score (nSPS) is 15.5. The van der Waals surface area contributed by atoms with Crippen molar-refractivity contribution in [2.24, 2.45) is 0 Å². The number of nitrogens with zero attached hydrogens (tertiary/aromatic N) is 1. The van der Waals surface area contributed by atoms with Crippen molar-refractivity contribution in [1.29, 1.82) is 0 Å². The Hall–Kier alpha value is -1.62. The number of nitrogens with two attached hydrogens (primary N) is 1. The molecule has 0 radical (unpaired) electrons. The fourth-order valence-electron chi connectivity index (χ4n) is 2.33. The summed E-state index contributed by atoms with van der Waals surface area (Å²) in [6, 6.07) is 3.49. The molecule has 0 unspecified atom stereocenters. The van der Waals surface area contributed by atoms with E-state index < -0.39 is 0 Å². The largest absolute Gasteiger partial charge is 0.493 e. The molecular weight excluding hydrogens is 244 g/mol. The van der Waals surface area contributed by atoms with Crippen LogP contribution in [0.2, 0.25) is 0 Å². The summed E-state index contributed by atoms with van der Waals surface area (Å²) in [6.45, 7) is 3.88. The number of anilines is 1. The van der Waals surface area contributed by atoms with Crippen molar-refractivity contribution in [1.82, 2.24) is 4.90 Å². The van der Waals surface area contributed by atoms with Crippen LogP contribution in [0.15, 0.2) is 12.1 Å². The van der Waals surface area contributed by atoms with Crippen molar-refractivity contribution in [2.75, 3.05) is 46.2 Å². The molecule has 0 bridgehead atoms. The molecule has 0 amide bonds. The number of nitrogen functional groups attached to an aromatic ring is 1. The van der Waals surface area contributed by atoms with E-state index in [1.165, 1.54) is 25.9 Å². The number of hydrogen-bond acceptors (Lipinski definition) is 5. The van der Waals surface area contributed by atoms with Crippen LogP contribution in [0.4, 0.5) is 5.69 Å². The van der Waals surface area contributed by atoms with Gasteiger partial charge in [-0.2, -0.15) is 0 Å². The quantitative estimate of drug-likeness (QED) is 0.795. The molecule has 1 aliphatic rings. The van der Waals surface area contributed by atoms with Gasteiger partial charge < -0.3 is 19.9 Å². The lowest BCUT2D eigenvalue weighted by molar-refractivity contribution is 0.222. The molecule has 0 saturated carbocycles. The highest BCUT2D eigenvalue weighted by Gasteiger charge is 2.15. The van der Waals surface area contributed by atoms with E-state index in [-0.39, 0.29) is 0 Å².